The van der Waals surface area contributed by atoms with Gasteiger partial charge < -0.3 is 15.5 Å². The molecule has 5 heterocycles. The summed E-state index contributed by atoms with van der Waals surface area (Å²) in [5.74, 6) is -0.642. The number of hydrogen-bond acceptors (Lipinski definition) is 11. The van der Waals surface area contributed by atoms with Gasteiger partial charge in [-0.25, -0.2) is 18.7 Å². The van der Waals surface area contributed by atoms with E-state index in [1.165, 1.54) is 58.3 Å². The molecule has 71 heavy (non-hydrogen) atoms. The summed E-state index contributed by atoms with van der Waals surface area (Å²) in [6, 6.07) is 54.8. The fourth-order valence-corrected chi connectivity index (χ4v) is 11.4. The van der Waals surface area contributed by atoms with E-state index in [4.69, 9.17) is 4.98 Å². The first-order chi connectivity index (χ1) is 34.7. The van der Waals surface area contributed by atoms with Crippen LogP contribution in [0.3, 0.4) is 0 Å². The number of carbonyl (C=O) groups excluding carboxylic acids is 3. The lowest BCUT2D eigenvalue weighted by Gasteiger charge is -2.43. The highest BCUT2D eigenvalue weighted by molar-refractivity contribution is 7.18. The Balaban J connectivity index is 0.000000146. The van der Waals surface area contributed by atoms with E-state index in [1.807, 2.05) is 132 Å². The van der Waals surface area contributed by atoms with Crippen LogP contribution in [0.1, 0.15) is 41.4 Å². The van der Waals surface area contributed by atoms with Gasteiger partial charge in [-0.1, -0.05) is 60.7 Å². The summed E-state index contributed by atoms with van der Waals surface area (Å²) < 4.78 is 26.2. The number of nitrogens with one attached hydrogen (secondary N) is 2. The molecule has 1 atom stereocenters. The molecule has 10 aromatic rings. The van der Waals surface area contributed by atoms with E-state index >= 15 is 0 Å². The Kier molecular flexibility index (Phi) is 15.0. The number of fused-ring (bicyclic) bond motifs is 1. The highest BCUT2D eigenvalue weighted by atomic mass is 32.1. The number of nitrogens with zero attached hydrogens (tertiary/aromatic N) is 4. The maximum absolute atomic E-state index is 13.7. The second kappa shape index (κ2) is 22.2. The van der Waals surface area contributed by atoms with Gasteiger partial charge in [-0.05, 0) is 121 Å². The van der Waals surface area contributed by atoms with Crippen molar-refractivity contribution in [1.82, 2.24) is 9.97 Å². The maximum Gasteiger partial charge on any atom is 0.262 e. The fourth-order valence-electron chi connectivity index (χ4n) is 7.70. The lowest BCUT2D eigenvalue weighted by molar-refractivity contribution is 0.0968. The van der Waals surface area contributed by atoms with Crippen LogP contribution >= 0.6 is 45.3 Å². The van der Waals surface area contributed by atoms with Gasteiger partial charge in [0.15, 0.2) is 6.29 Å². The largest absolute Gasteiger partial charge is 0.387 e. The highest BCUT2D eigenvalue weighted by Crippen LogP contribution is 2.44. The molecular weight excluding hydrogens is 971 g/mol. The van der Waals surface area contributed by atoms with Crippen molar-refractivity contribution in [3.8, 4) is 42.3 Å². The van der Waals surface area contributed by atoms with Crippen molar-refractivity contribution in [2.24, 2.45) is 0 Å². The molecule has 15 heteroatoms. The SMILES string of the molecule is CN1c2ccccc2C(=O)N(c2ccccc2)C1c1ccc(-c2csc(-c3ccc(F)cc3)n2)s1.CNc1ccccc1C(=O)Nc1ccccc1.O=Cc1ccc(-c2csc(-c3ccc(F)cc3)n2)s1. The average molecular weight is 1010 g/mol. The van der Waals surface area contributed by atoms with Crippen LogP contribution in [0.15, 0.2) is 193 Å². The summed E-state index contributed by atoms with van der Waals surface area (Å²) >= 11 is 6.08. The van der Waals surface area contributed by atoms with Crippen molar-refractivity contribution >= 4 is 86.2 Å². The third-order valence-corrected chi connectivity index (χ3v) is 15.1. The first-order valence-electron chi connectivity index (χ1n) is 22.1. The Bertz CT molecular complexity index is 3410. The summed E-state index contributed by atoms with van der Waals surface area (Å²) in [6.07, 6.45) is 0.551. The van der Waals surface area contributed by atoms with E-state index < -0.39 is 0 Å². The Morgan fingerprint density at radius 1 is 0.634 bits per heavy atom. The fraction of sp³-hybridized carbons (Fsp3) is 0.0536. The summed E-state index contributed by atoms with van der Waals surface area (Å²) in [6.45, 7) is 0. The second-order valence-electron chi connectivity index (χ2n) is 15.7. The number of thiophene rings is 2. The van der Waals surface area contributed by atoms with Crippen LogP contribution < -0.4 is 20.4 Å². The predicted octanol–water partition coefficient (Wildman–Crippen LogP) is 14.9. The zero-order chi connectivity index (χ0) is 49.3. The molecule has 2 amide bonds. The van der Waals surface area contributed by atoms with E-state index in [0.29, 0.717) is 16.0 Å². The number of aldehydes is 1. The van der Waals surface area contributed by atoms with Crippen molar-refractivity contribution in [2.45, 2.75) is 6.17 Å². The third kappa shape index (κ3) is 11.1. The van der Waals surface area contributed by atoms with Gasteiger partial charge >= 0.3 is 0 Å². The van der Waals surface area contributed by atoms with Crippen molar-refractivity contribution in [3.63, 3.8) is 0 Å². The molecule has 0 aliphatic carbocycles. The average Bonchev–Trinajstić information content (AvgIpc) is 4.27. The zero-order valence-corrected chi connectivity index (χ0v) is 41.3. The number of para-hydroxylation sites is 4. The molecule has 0 bridgehead atoms. The smallest absolute Gasteiger partial charge is 0.262 e. The topological polar surface area (TPSA) is 108 Å². The van der Waals surface area contributed by atoms with Gasteiger partial charge in [0.05, 0.1) is 42.8 Å². The van der Waals surface area contributed by atoms with Crippen molar-refractivity contribution in [3.05, 3.63) is 225 Å². The summed E-state index contributed by atoms with van der Waals surface area (Å²) in [5, 5.41) is 11.5. The van der Waals surface area contributed by atoms with E-state index in [2.05, 4.69) is 32.7 Å². The van der Waals surface area contributed by atoms with E-state index in [0.717, 1.165) is 76.2 Å². The molecule has 0 saturated carbocycles. The van der Waals surface area contributed by atoms with Gasteiger partial charge in [0.25, 0.3) is 11.8 Å². The molecule has 0 saturated heterocycles. The molecule has 1 aliphatic heterocycles. The third-order valence-electron chi connectivity index (χ3n) is 11.2. The van der Waals surface area contributed by atoms with Crippen molar-refractivity contribution in [1.29, 1.82) is 0 Å². The summed E-state index contributed by atoms with van der Waals surface area (Å²) in [5.41, 5.74) is 8.22. The first kappa shape index (κ1) is 48.1. The molecule has 0 spiro atoms. The molecule has 1 aliphatic rings. The number of benzene rings is 6. The van der Waals surface area contributed by atoms with Gasteiger partial charge in [0, 0.05) is 57.9 Å². The Labute approximate surface area is 425 Å². The molecule has 4 aromatic heterocycles. The minimum absolute atomic E-state index is 0.0166. The normalized spacial score (nSPS) is 12.7. The monoisotopic (exact) mass is 1010 g/mol. The number of amides is 2. The van der Waals surface area contributed by atoms with Crippen LogP contribution in [0.4, 0.5) is 31.5 Å². The zero-order valence-electron chi connectivity index (χ0n) is 38.0. The van der Waals surface area contributed by atoms with Gasteiger partial charge in [-0.2, -0.15) is 0 Å². The van der Waals surface area contributed by atoms with E-state index in [1.54, 1.807) is 54.8 Å². The van der Waals surface area contributed by atoms with Crippen LogP contribution in [-0.4, -0.2) is 42.2 Å². The van der Waals surface area contributed by atoms with Crippen LogP contribution in [0.2, 0.25) is 0 Å². The van der Waals surface area contributed by atoms with E-state index in [-0.39, 0.29) is 29.6 Å². The van der Waals surface area contributed by atoms with E-state index in [9.17, 15) is 23.2 Å². The first-order valence-corrected chi connectivity index (χ1v) is 25.5. The molecule has 0 radical (unpaired) electrons. The van der Waals surface area contributed by atoms with Gasteiger partial charge in [0.1, 0.15) is 27.8 Å². The van der Waals surface area contributed by atoms with Crippen molar-refractivity contribution < 1.29 is 23.2 Å². The van der Waals surface area contributed by atoms with Crippen LogP contribution in [-0.2, 0) is 0 Å². The molecular formula is C56H42F2N6O3S4. The Hall–Kier alpha value is -7.95. The summed E-state index contributed by atoms with van der Waals surface area (Å²) in [4.78, 5) is 53.4. The van der Waals surface area contributed by atoms with Gasteiger partial charge in [-0.15, -0.1) is 45.3 Å². The van der Waals surface area contributed by atoms with Crippen LogP contribution in [0, 0.1) is 11.6 Å². The van der Waals surface area contributed by atoms with Crippen molar-refractivity contribution in [2.75, 3.05) is 34.5 Å². The Morgan fingerprint density at radius 3 is 1.79 bits per heavy atom. The standard InChI is InChI=1S/C28H20FN3OS2.C14H8FNOS2.C14H14N2O/c1-31-23-10-6-5-9-21(23)28(33)32(20-7-3-2-4-8-20)27(31)25-16-15-24(35-25)22-17-34-26(30-22)18-11-13-19(29)14-12-18;15-10-3-1-9(2-4-10)14-16-12(8-18-14)13-6-5-11(7-17)19-13;1-15-13-10-6-5-9-12(13)14(17)16-11-7-3-2-4-8-11/h2-17,27H,1H3;1-8H;2-10,15H,1H3,(H,16,17). The predicted molar refractivity (Wildman–Crippen MR) is 288 cm³/mol. The number of carbonyl (C=O) groups is 3. The number of rotatable bonds is 10. The second-order valence-corrected chi connectivity index (χ2v) is 19.7. The maximum atomic E-state index is 13.7. The molecule has 0 fully saturated rings. The molecule has 2 N–H and O–H groups in total. The Morgan fingerprint density at radius 2 is 1.18 bits per heavy atom. The van der Waals surface area contributed by atoms with Crippen LogP contribution in [0.25, 0.3) is 42.3 Å². The van der Waals surface area contributed by atoms with Gasteiger partial charge in [0.2, 0.25) is 0 Å². The molecule has 11 rings (SSSR count). The number of aromatic nitrogens is 2. The number of halogens is 2. The quantitative estimate of drug-likeness (QED) is 0.131. The molecule has 6 aromatic carbocycles. The number of anilines is 4. The lowest BCUT2D eigenvalue weighted by atomic mass is 10.0. The summed E-state index contributed by atoms with van der Waals surface area (Å²) in [7, 11) is 3.83. The number of hydrogen-bond donors (Lipinski definition) is 2. The minimum atomic E-state index is -0.284. The molecule has 1 unspecified atom stereocenters. The number of thiazole rings is 2. The van der Waals surface area contributed by atoms with Crippen LogP contribution in [0.5, 0.6) is 0 Å². The minimum Gasteiger partial charge on any atom is -0.387 e. The lowest BCUT2D eigenvalue weighted by Crippen LogP contribution is -2.47. The van der Waals surface area contributed by atoms with Gasteiger partial charge in [-0.3, -0.25) is 19.3 Å². The highest BCUT2D eigenvalue weighted by Gasteiger charge is 2.38. The molecule has 9 nitrogen and oxygen atoms in total. The molecule has 352 valence electrons.